The van der Waals surface area contributed by atoms with Gasteiger partial charge >= 0.3 is 6.09 Å². The number of hydrogen-bond donors (Lipinski definition) is 1. The minimum atomic E-state index is -0.779. The first-order valence-electron chi connectivity index (χ1n) is 8.08. The molecule has 0 saturated heterocycles. The molecule has 8 heteroatoms. The molecule has 1 aromatic carbocycles. The van der Waals surface area contributed by atoms with Gasteiger partial charge in [0.1, 0.15) is 0 Å². The molecular weight excluding hydrogens is 342 g/mol. The van der Waals surface area contributed by atoms with Gasteiger partial charge in [0.15, 0.2) is 5.16 Å². The third-order valence-electron chi connectivity index (χ3n) is 3.66. The number of imide groups is 1. The first-order valence-corrected chi connectivity index (χ1v) is 9.07. The van der Waals surface area contributed by atoms with Crippen molar-refractivity contribution in [1.82, 2.24) is 14.9 Å². The lowest BCUT2D eigenvalue weighted by Crippen LogP contribution is -2.33. The second-order valence-corrected chi connectivity index (χ2v) is 6.34. The van der Waals surface area contributed by atoms with Gasteiger partial charge in [-0.1, -0.05) is 30.8 Å². The number of alkyl carbamates (subject to hydrolysis) is 1. The summed E-state index contributed by atoms with van der Waals surface area (Å²) in [4.78, 5) is 40.4. The summed E-state index contributed by atoms with van der Waals surface area (Å²) in [5.41, 5.74) is 0.452. The van der Waals surface area contributed by atoms with Gasteiger partial charge in [-0.3, -0.25) is 19.5 Å². The van der Waals surface area contributed by atoms with Crippen molar-refractivity contribution in [2.45, 2.75) is 38.4 Å². The summed E-state index contributed by atoms with van der Waals surface area (Å²) in [6.07, 6.45) is -0.0263. The number of carbonyl (C=O) groups excluding carboxylic acids is 2. The van der Waals surface area contributed by atoms with Crippen molar-refractivity contribution >= 4 is 34.7 Å². The van der Waals surface area contributed by atoms with Gasteiger partial charge in [0.25, 0.3) is 5.56 Å². The van der Waals surface area contributed by atoms with E-state index in [1.165, 1.54) is 0 Å². The summed E-state index contributed by atoms with van der Waals surface area (Å²) >= 11 is 1.12. The SMILES string of the molecule is CCOC(=O)NC(=O)CSc1nc2ccccc2c(=O)n1[C@H](C)CC. The van der Waals surface area contributed by atoms with Crippen LogP contribution in [-0.2, 0) is 9.53 Å². The smallest absolute Gasteiger partial charge is 0.413 e. The van der Waals surface area contributed by atoms with E-state index in [0.29, 0.717) is 16.1 Å². The standard InChI is InChI=1S/C17H21N3O4S/c1-4-11(3)20-15(22)12-8-6-7-9-13(12)18-16(20)25-10-14(21)19-17(23)24-5-2/h6-9,11H,4-5,10H2,1-3H3,(H,19,21,23)/t11-/m1/s1. The van der Waals surface area contributed by atoms with E-state index < -0.39 is 12.0 Å². The number of ether oxygens (including phenoxy) is 1. The lowest BCUT2D eigenvalue weighted by molar-refractivity contribution is -0.117. The van der Waals surface area contributed by atoms with Crippen LogP contribution < -0.4 is 10.9 Å². The van der Waals surface area contributed by atoms with Gasteiger partial charge in [0.2, 0.25) is 5.91 Å². The molecule has 25 heavy (non-hydrogen) atoms. The minimum Gasteiger partial charge on any atom is -0.450 e. The van der Waals surface area contributed by atoms with Crippen LogP contribution in [-0.4, -0.2) is 33.9 Å². The zero-order chi connectivity index (χ0) is 18.4. The molecule has 0 aliphatic heterocycles. The third kappa shape index (κ3) is 4.60. The van der Waals surface area contributed by atoms with Crippen molar-refractivity contribution < 1.29 is 14.3 Å². The van der Waals surface area contributed by atoms with Gasteiger partial charge in [-0.25, -0.2) is 9.78 Å². The Kier molecular flexibility index (Phi) is 6.58. The molecule has 7 nitrogen and oxygen atoms in total. The number of carbonyl (C=O) groups is 2. The maximum Gasteiger partial charge on any atom is 0.413 e. The highest BCUT2D eigenvalue weighted by Crippen LogP contribution is 2.22. The number of thioether (sulfide) groups is 1. The number of nitrogens with one attached hydrogen (secondary N) is 1. The normalized spacial score (nSPS) is 12.0. The summed E-state index contributed by atoms with van der Waals surface area (Å²) < 4.78 is 6.27. The minimum absolute atomic E-state index is 0.0416. The molecule has 2 amide bonds. The lowest BCUT2D eigenvalue weighted by atomic mass is 10.2. The molecule has 1 N–H and O–H groups in total. The van der Waals surface area contributed by atoms with E-state index in [9.17, 15) is 14.4 Å². The highest BCUT2D eigenvalue weighted by molar-refractivity contribution is 7.99. The molecule has 0 radical (unpaired) electrons. The molecule has 0 fully saturated rings. The predicted molar refractivity (Wildman–Crippen MR) is 96.9 cm³/mol. The van der Waals surface area contributed by atoms with Gasteiger partial charge < -0.3 is 4.74 Å². The number of rotatable bonds is 6. The van der Waals surface area contributed by atoms with Gasteiger partial charge in [-0.2, -0.15) is 0 Å². The van der Waals surface area contributed by atoms with Crippen LogP contribution in [0.4, 0.5) is 4.79 Å². The predicted octanol–water partition coefficient (Wildman–Crippen LogP) is 2.73. The molecular formula is C17H21N3O4S. The molecule has 1 heterocycles. The Hall–Kier alpha value is -2.35. The van der Waals surface area contributed by atoms with E-state index >= 15 is 0 Å². The van der Waals surface area contributed by atoms with E-state index in [4.69, 9.17) is 0 Å². The summed E-state index contributed by atoms with van der Waals surface area (Å²) in [5.74, 6) is -0.540. The topological polar surface area (TPSA) is 90.3 Å². The molecule has 1 atom stereocenters. The van der Waals surface area contributed by atoms with Crippen LogP contribution in [0.3, 0.4) is 0 Å². The first kappa shape index (κ1) is 19.0. The Morgan fingerprint density at radius 3 is 2.72 bits per heavy atom. The maximum atomic E-state index is 12.8. The molecule has 0 aliphatic carbocycles. The average Bonchev–Trinajstić information content (AvgIpc) is 2.59. The van der Waals surface area contributed by atoms with Crippen molar-refractivity contribution in [2.24, 2.45) is 0 Å². The summed E-state index contributed by atoms with van der Waals surface area (Å²) in [7, 11) is 0. The fraction of sp³-hybridized carbons (Fsp3) is 0.412. The van der Waals surface area contributed by atoms with Crippen molar-refractivity contribution in [3.05, 3.63) is 34.6 Å². The van der Waals surface area contributed by atoms with Crippen LogP contribution in [0.1, 0.15) is 33.2 Å². The van der Waals surface area contributed by atoms with Gasteiger partial charge in [-0.15, -0.1) is 0 Å². The van der Waals surface area contributed by atoms with Gasteiger partial charge in [-0.05, 0) is 32.4 Å². The second kappa shape index (κ2) is 8.66. The van der Waals surface area contributed by atoms with E-state index in [1.54, 1.807) is 29.7 Å². The van der Waals surface area contributed by atoms with E-state index in [2.05, 4.69) is 15.0 Å². The van der Waals surface area contributed by atoms with Crippen molar-refractivity contribution in [3.63, 3.8) is 0 Å². The summed E-state index contributed by atoms with van der Waals surface area (Å²) in [6, 6.07) is 7.06. The summed E-state index contributed by atoms with van der Waals surface area (Å²) in [6.45, 7) is 5.75. The molecule has 2 aromatic rings. The Labute approximate surface area is 149 Å². The van der Waals surface area contributed by atoms with Crippen LogP contribution in [0.5, 0.6) is 0 Å². The lowest BCUT2D eigenvalue weighted by Gasteiger charge is -2.18. The Bertz CT molecular complexity index is 834. The fourth-order valence-corrected chi connectivity index (χ4v) is 3.14. The number of nitrogens with zero attached hydrogens (tertiary/aromatic N) is 2. The number of aromatic nitrogens is 2. The third-order valence-corrected chi connectivity index (χ3v) is 4.61. The number of fused-ring (bicyclic) bond motifs is 1. The van der Waals surface area contributed by atoms with Gasteiger partial charge in [0, 0.05) is 6.04 Å². The van der Waals surface area contributed by atoms with E-state index in [1.807, 2.05) is 19.9 Å². The maximum absolute atomic E-state index is 12.8. The van der Waals surface area contributed by atoms with Gasteiger partial charge in [0.05, 0.1) is 23.3 Å². The van der Waals surface area contributed by atoms with Crippen LogP contribution in [0.2, 0.25) is 0 Å². The zero-order valence-corrected chi connectivity index (χ0v) is 15.3. The largest absolute Gasteiger partial charge is 0.450 e. The van der Waals surface area contributed by atoms with Crippen LogP contribution in [0, 0.1) is 0 Å². The monoisotopic (exact) mass is 363 g/mol. The molecule has 0 spiro atoms. The number of amides is 2. The van der Waals surface area contributed by atoms with Crippen LogP contribution in [0.25, 0.3) is 10.9 Å². The number of benzene rings is 1. The Balaban J connectivity index is 2.28. The first-order chi connectivity index (χ1) is 12.0. The number of para-hydroxylation sites is 1. The van der Waals surface area contributed by atoms with E-state index in [-0.39, 0.29) is 24.0 Å². The molecule has 2 rings (SSSR count). The molecule has 134 valence electrons. The molecule has 0 aliphatic rings. The Morgan fingerprint density at radius 1 is 1.32 bits per heavy atom. The van der Waals surface area contributed by atoms with E-state index in [0.717, 1.165) is 18.2 Å². The Morgan fingerprint density at radius 2 is 2.04 bits per heavy atom. The number of hydrogen-bond acceptors (Lipinski definition) is 6. The molecule has 1 aromatic heterocycles. The van der Waals surface area contributed by atoms with Crippen LogP contribution in [0.15, 0.2) is 34.2 Å². The zero-order valence-electron chi connectivity index (χ0n) is 14.4. The average molecular weight is 363 g/mol. The molecule has 0 bridgehead atoms. The summed E-state index contributed by atoms with van der Waals surface area (Å²) in [5, 5.41) is 3.13. The van der Waals surface area contributed by atoms with Crippen molar-refractivity contribution in [1.29, 1.82) is 0 Å². The highest BCUT2D eigenvalue weighted by atomic mass is 32.2. The van der Waals surface area contributed by atoms with Crippen molar-refractivity contribution in [2.75, 3.05) is 12.4 Å². The second-order valence-electron chi connectivity index (χ2n) is 5.40. The quantitative estimate of drug-likeness (QED) is 0.627. The molecule has 0 saturated carbocycles. The fourth-order valence-electron chi connectivity index (χ4n) is 2.25. The van der Waals surface area contributed by atoms with Crippen molar-refractivity contribution in [3.8, 4) is 0 Å². The van der Waals surface area contributed by atoms with Crippen LogP contribution >= 0.6 is 11.8 Å². The molecule has 0 unspecified atom stereocenters. The highest BCUT2D eigenvalue weighted by Gasteiger charge is 2.17.